The summed E-state index contributed by atoms with van der Waals surface area (Å²) in [4.78, 5) is 59.8. The quantitative estimate of drug-likeness (QED) is 0.0778. The lowest BCUT2D eigenvalue weighted by Gasteiger charge is -2.36. The number of alkyl halides is 2. The Morgan fingerprint density at radius 2 is 1.65 bits per heavy atom. The van der Waals surface area contributed by atoms with E-state index in [1.807, 2.05) is 39.1 Å². The molecular weight excluding hydrogens is 878 g/mol. The molecule has 1 atom stereocenters. The summed E-state index contributed by atoms with van der Waals surface area (Å²) in [7, 11) is 0.904. The number of carbonyl (C=O) groups is 5. The monoisotopic (exact) mass is 946 g/mol. The van der Waals surface area contributed by atoms with Gasteiger partial charge in [0.25, 0.3) is 5.91 Å². The van der Waals surface area contributed by atoms with Crippen molar-refractivity contribution in [3.8, 4) is 0 Å². The van der Waals surface area contributed by atoms with E-state index in [4.69, 9.17) is 13.8 Å². The number of likely N-dealkylation sites (tertiary alicyclic amines) is 2. The lowest BCUT2D eigenvalue weighted by atomic mass is 9.94. The van der Waals surface area contributed by atoms with Crippen LogP contribution in [0.1, 0.15) is 93.4 Å². The van der Waals surface area contributed by atoms with E-state index in [2.05, 4.69) is 47.2 Å². The highest BCUT2D eigenvalue weighted by Crippen LogP contribution is 2.67. The van der Waals surface area contributed by atoms with E-state index in [0.717, 1.165) is 55.6 Å². The van der Waals surface area contributed by atoms with Gasteiger partial charge in [-0.2, -0.15) is 20.5 Å². The number of likely N-dealkylation sites (N-methyl/N-ethyl adjacent to an activating group) is 1. The van der Waals surface area contributed by atoms with Crippen molar-refractivity contribution < 1.29 is 46.4 Å². The maximum absolute atomic E-state index is 15.4. The van der Waals surface area contributed by atoms with Gasteiger partial charge in [0, 0.05) is 78.5 Å². The van der Waals surface area contributed by atoms with Crippen molar-refractivity contribution in [2.75, 3.05) is 78.3 Å². The number of hydrogen-bond donors (Lipinski definition) is 1. The van der Waals surface area contributed by atoms with Crippen LogP contribution in [0.4, 0.5) is 8.78 Å². The molecule has 1 aromatic carbocycles. The van der Waals surface area contributed by atoms with Gasteiger partial charge in [0.05, 0.1) is 18.1 Å². The Morgan fingerprint density at radius 1 is 1.03 bits per heavy atom. The van der Waals surface area contributed by atoms with Gasteiger partial charge in [-0.15, -0.1) is 11.3 Å². The van der Waals surface area contributed by atoms with Crippen LogP contribution in [0.5, 0.6) is 0 Å². The molecule has 0 bridgehead atoms. The number of amides is 1. The molecule has 2 saturated heterocycles. The molecule has 1 amide bonds. The Hall–Kier alpha value is -2.89. The zero-order valence-electron chi connectivity index (χ0n) is 37.9. The fourth-order valence-corrected chi connectivity index (χ4v) is 8.93. The molecule has 2 fully saturated rings. The molecule has 2 aliphatic heterocycles. The fraction of sp³-hybridized carbons (Fsp3) is 0.591. The molecule has 12 nitrogen and oxygen atoms in total. The number of aldehydes is 2. The minimum atomic E-state index is -4.90. The van der Waals surface area contributed by atoms with Crippen LogP contribution in [-0.4, -0.2) is 123 Å². The fourth-order valence-electron chi connectivity index (χ4n) is 5.22. The van der Waals surface area contributed by atoms with Crippen LogP contribution >= 0.6 is 42.5 Å². The highest BCUT2D eigenvalue weighted by molar-refractivity contribution is 8.13. The number of aromatic nitrogens is 1. The molecule has 18 heteroatoms. The minimum Gasteiger partial charge on any atom is -0.354 e. The Balaban J connectivity index is 0.000000987. The topological polar surface area (TPSA) is 152 Å². The third kappa shape index (κ3) is 22.6. The van der Waals surface area contributed by atoms with Gasteiger partial charge in [-0.3, -0.25) is 19.1 Å². The van der Waals surface area contributed by atoms with Crippen molar-refractivity contribution in [3.05, 3.63) is 64.8 Å². The SMILES string of the molecule is C=O.CC(C)C=O.CCCCC=O.CN1CC(c2cccnc2)C1.CN1CCCC1.CNC(=O)c1cc2cc(C(F)(F)P(=O)(OCCSC)OCCSC(=O)C(C)C)ccc2s1. The molecular formula is C44H69F2N4O8PS3. The van der Waals surface area contributed by atoms with Gasteiger partial charge in [-0.25, -0.2) is 0 Å². The first kappa shape index (κ1) is 59.1. The Morgan fingerprint density at radius 3 is 2.08 bits per heavy atom. The van der Waals surface area contributed by atoms with Gasteiger partial charge < -0.3 is 38.5 Å². The van der Waals surface area contributed by atoms with Crippen LogP contribution in [0, 0.1) is 11.8 Å². The van der Waals surface area contributed by atoms with Crippen LogP contribution < -0.4 is 5.32 Å². The largest absolute Gasteiger partial charge is 0.404 e. The Labute approximate surface area is 381 Å². The summed E-state index contributed by atoms with van der Waals surface area (Å²) < 4.78 is 55.0. The molecule has 2 aliphatic rings. The summed E-state index contributed by atoms with van der Waals surface area (Å²) in [5.74, 6) is 0.861. The molecule has 2 aromatic heterocycles. The minimum absolute atomic E-state index is 0.0853. The number of pyridine rings is 1. The summed E-state index contributed by atoms with van der Waals surface area (Å²) in [6.07, 6.45) is 13.2. The molecule has 3 aromatic rings. The summed E-state index contributed by atoms with van der Waals surface area (Å²) >= 11 is 3.47. The summed E-state index contributed by atoms with van der Waals surface area (Å²) in [5, 5.41) is 2.82. The summed E-state index contributed by atoms with van der Waals surface area (Å²) in [5.41, 5.74) is -3.06. The number of nitrogens with one attached hydrogen (secondary N) is 1. The Bertz CT molecular complexity index is 1750. The third-order valence-electron chi connectivity index (χ3n) is 8.76. The first-order chi connectivity index (χ1) is 29.5. The highest BCUT2D eigenvalue weighted by Gasteiger charge is 2.55. The second-order valence-corrected chi connectivity index (χ2v) is 20.1. The zero-order chi connectivity index (χ0) is 47.1. The molecule has 1 unspecified atom stereocenters. The lowest BCUT2D eigenvalue weighted by molar-refractivity contribution is -0.113. The van der Waals surface area contributed by atoms with Gasteiger partial charge in [-0.1, -0.05) is 64.9 Å². The molecule has 4 heterocycles. The molecule has 5 rings (SSSR count). The van der Waals surface area contributed by atoms with Crippen LogP contribution in [0.15, 0.2) is 48.8 Å². The predicted molar refractivity (Wildman–Crippen MR) is 254 cm³/mol. The van der Waals surface area contributed by atoms with Gasteiger partial charge in [0.15, 0.2) is 5.12 Å². The van der Waals surface area contributed by atoms with Crippen molar-refractivity contribution in [2.45, 2.75) is 78.3 Å². The van der Waals surface area contributed by atoms with Crippen molar-refractivity contribution in [3.63, 3.8) is 0 Å². The van der Waals surface area contributed by atoms with Crippen molar-refractivity contribution in [1.29, 1.82) is 0 Å². The van der Waals surface area contributed by atoms with Crippen molar-refractivity contribution >= 4 is 82.9 Å². The standard InChI is InChI=1S/C20H26F2NO5PS3.C9H12N2.C5H11N.C5H10O.C4H8O.CH2O/c1-13(2)19(25)31-10-8-28-29(26,27-7-9-30-4)20(21,22)15-5-6-16-14(11-15)12-17(32-16)18(24)23-3;1-11-6-9(7-11)8-3-2-4-10-5-8;1-6-4-2-3-5-6;1-2-3-4-5-6;1-4(2)3-5;1-2/h5-6,11-13H,7-10H2,1-4H3,(H,23,24);2-5,9H,6-7H2,1H3;2-5H2,1H3;5H,2-4H2,1H3;3-4H,1-2H3;1H2. The number of unbranched alkanes of at least 4 members (excludes halogenated alkanes) is 2. The average molecular weight is 947 g/mol. The van der Waals surface area contributed by atoms with E-state index in [9.17, 15) is 23.7 Å². The molecule has 0 aliphatic carbocycles. The molecule has 350 valence electrons. The Kier molecular flexibility index (Phi) is 32.0. The van der Waals surface area contributed by atoms with Crippen LogP contribution in [0.3, 0.4) is 0 Å². The van der Waals surface area contributed by atoms with Crippen LogP contribution in [-0.2, 0) is 38.5 Å². The number of benzene rings is 1. The first-order valence-electron chi connectivity index (χ1n) is 20.6. The number of thiophene rings is 1. The molecule has 0 radical (unpaired) electrons. The van der Waals surface area contributed by atoms with Crippen molar-refractivity contribution in [2.24, 2.45) is 11.8 Å². The van der Waals surface area contributed by atoms with E-state index in [1.165, 1.54) is 92.9 Å². The number of carbonyl (C=O) groups excluding carboxylic acids is 5. The smallest absolute Gasteiger partial charge is 0.354 e. The second-order valence-electron chi connectivity index (χ2n) is 14.9. The maximum atomic E-state index is 15.4. The van der Waals surface area contributed by atoms with Crippen LogP contribution in [0.25, 0.3) is 10.1 Å². The van der Waals surface area contributed by atoms with E-state index >= 15 is 8.78 Å². The molecule has 0 spiro atoms. The van der Waals surface area contributed by atoms with E-state index in [-0.39, 0.29) is 41.8 Å². The molecule has 1 N–H and O–H groups in total. The maximum Gasteiger partial charge on any atom is 0.404 e. The van der Waals surface area contributed by atoms with Gasteiger partial charge in [0.2, 0.25) is 0 Å². The zero-order valence-corrected chi connectivity index (χ0v) is 41.3. The second kappa shape index (κ2) is 33.6. The van der Waals surface area contributed by atoms with Gasteiger partial charge in [-0.05, 0) is 87.9 Å². The van der Waals surface area contributed by atoms with Gasteiger partial charge >= 0.3 is 13.3 Å². The summed E-state index contributed by atoms with van der Waals surface area (Å²) in [6.45, 7) is 15.8. The summed E-state index contributed by atoms with van der Waals surface area (Å²) in [6, 6.07) is 9.49. The molecule has 62 heavy (non-hydrogen) atoms. The predicted octanol–water partition coefficient (Wildman–Crippen LogP) is 9.67. The normalized spacial score (nSPS) is 14.7. The van der Waals surface area contributed by atoms with Gasteiger partial charge in [0.1, 0.15) is 19.4 Å². The van der Waals surface area contributed by atoms with E-state index < -0.39 is 18.8 Å². The third-order valence-corrected chi connectivity index (χ3v) is 13.6. The van der Waals surface area contributed by atoms with Crippen LogP contribution in [0.2, 0.25) is 0 Å². The lowest BCUT2D eigenvalue weighted by Crippen LogP contribution is -2.41. The van der Waals surface area contributed by atoms with E-state index in [1.54, 1.807) is 20.1 Å². The van der Waals surface area contributed by atoms with E-state index in [0.29, 0.717) is 20.7 Å². The number of rotatable bonds is 17. The average Bonchev–Trinajstić information content (AvgIpc) is 3.93. The molecule has 0 saturated carbocycles. The number of halogens is 2. The first-order valence-corrected chi connectivity index (χ1v) is 25.4. The number of hydrogen-bond acceptors (Lipinski definition) is 14. The number of fused-ring (bicyclic) bond motifs is 1. The van der Waals surface area contributed by atoms with Crippen molar-refractivity contribution in [1.82, 2.24) is 20.1 Å². The number of nitrogens with zero attached hydrogens (tertiary/aromatic N) is 3. The highest BCUT2D eigenvalue weighted by atomic mass is 32.2. The number of thioether (sulfide) groups is 2.